The van der Waals surface area contributed by atoms with Crippen LogP contribution in [0.15, 0.2) is 22.7 Å². The van der Waals surface area contributed by atoms with E-state index in [2.05, 4.69) is 21.2 Å². The number of hydrogen-bond acceptors (Lipinski definition) is 1. The quantitative estimate of drug-likeness (QED) is 0.879. The van der Waals surface area contributed by atoms with Gasteiger partial charge in [-0.3, -0.25) is 4.79 Å². The van der Waals surface area contributed by atoms with Gasteiger partial charge in [0.05, 0.1) is 5.69 Å². The zero-order chi connectivity index (χ0) is 13.4. The molecule has 0 saturated heterocycles. The van der Waals surface area contributed by atoms with Crippen molar-refractivity contribution < 1.29 is 9.18 Å². The van der Waals surface area contributed by atoms with Crippen LogP contribution in [-0.2, 0) is 4.79 Å². The number of halogens is 2. The Balaban J connectivity index is 1.59. The lowest BCUT2D eigenvalue weighted by atomic mass is 9.86. The molecule has 19 heavy (non-hydrogen) atoms. The fourth-order valence-electron chi connectivity index (χ4n) is 3.66. The monoisotopic (exact) mass is 325 g/mol. The highest BCUT2D eigenvalue weighted by Gasteiger charge is 2.40. The van der Waals surface area contributed by atoms with Gasteiger partial charge < -0.3 is 5.32 Å². The van der Waals surface area contributed by atoms with E-state index in [0.717, 1.165) is 11.8 Å². The van der Waals surface area contributed by atoms with Crippen LogP contribution in [0.5, 0.6) is 0 Å². The zero-order valence-electron chi connectivity index (χ0n) is 10.7. The largest absolute Gasteiger partial charge is 0.324 e. The molecule has 4 heteroatoms. The molecule has 0 radical (unpaired) electrons. The molecule has 102 valence electrons. The molecule has 2 bridgehead atoms. The van der Waals surface area contributed by atoms with Crippen molar-refractivity contribution in [1.82, 2.24) is 0 Å². The van der Waals surface area contributed by atoms with Gasteiger partial charge in [0.1, 0.15) is 5.82 Å². The Morgan fingerprint density at radius 2 is 2.21 bits per heavy atom. The first kappa shape index (κ1) is 13.1. The fourth-order valence-corrected chi connectivity index (χ4v) is 3.99. The standard InChI is InChI=1S/C15H17BrFNO/c16-12-3-4-14(13(17)8-12)18-15(19)7-11-6-9-1-2-10(11)5-9/h3-4,8-11H,1-2,5-7H2,(H,18,19)/t9-,10-,11+/m1/s1. The molecule has 3 rings (SSSR count). The van der Waals surface area contributed by atoms with E-state index in [9.17, 15) is 9.18 Å². The van der Waals surface area contributed by atoms with Crippen molar-refractivity contribution in [3.05, 3.63) is 28.5 Å². The van der Waals surface area contributed by atoms with E-state index in [1.165, 1.54) is 31.7 Å². The van der Waals surface area contributed by atoms with E-state index >= 15 is 0 Å². The van der Waals surface area contributed by atoms with Crippen molar-refractivity contribution in [1.29, 1.82) is 0 Å². The van der Waals surface area contributed by atoms with E-state index in [-0.39, 0.29) is 11.6 Å². The van der Waals surface area contributed by atoms with Gasteiger partial charge in [-0.15, -0.1) is 0 Å². The highest BCUT2D eigenvalue weighted by atomic mass is 79.9. The van der Waals surface area contributed by atoms with Gasteiger partial charge in [0.15, 0.2) is 0 Å². The fraction of sp³-hybridized carbons (Fsp3) is 0.533. The summed E-state index contributed by atoms with van der Waals surface area (Å²) in [5.74, 6) is 1.63. The lowest BCUT2D eigenvalue weighted by Crippen LogP contribution is -2.20. The average Bonchev–Trinajstić information content (AvgIpc) is 2.95. The van der Waals surface area contributed by atoms with Gasteiger partial charge in [-0.1, -0.05) is 22.4 Å². The van der Waals surface area contributed by atoms with E-state index in [1.807, 2.05) is 0 Å². The van der Waals surface area contributed by atoms with Crippen molar-refractivity contribution in [3.8, 4) is 0 Å². The zero-order valence-corrected chi connectivity index (χ0v) is 12.2. The number of fused-ring (bicyclic) bond motifs is 2. The summed E-state index contributed by atoms with van der Waals surface area (Å²) in [5, 5.41) is 2.69. The van der Waals surface area contributed by atoms with Gasteiger partial charge in [-0.25, -0.2) is 4.39 Å². The van der Waals surface area contributed by atoms with Crippen molar-refractivity contribution in [2.24, 2.45) is 17.8 Å². The van der Waals surface area contributed by atoms with Gasteiger partial charge in [-0.2, -0.15) is 0 Å². The van der Waals surface area contributed by atoms with Gasteiger partial charge in [0, 0.05) is 10.9 Å². The highest BCUT2D eigenvalue weighted by Crippen LogP contribution is 2.49. The van der Waals surface area contributed by atoms with Crippen molar-refractivity contribution in [3.63, 3.8) is 0 Å². The summed E-state index contributed by atoms with van der Waals surface area (Å²) < 4.78 is 14.3. The Kier molecular flexibility index (Phi) is 3.61. The second-order valence-corrected chi connectivity index (χ2v) is 6.73. The summed E-state index contributed by atoms with van der Waals surface area (Å²) in [6, 6.07) is 4.70. The minimum atomic E-state index is -0.393. The highest BCUT2D eigenvalue weighted by molar-refractivity contribution is 9.10. The third kappa shape index (κ3) is 2.83. The van der Waals surface area contributed by atoms with Crippen LogP contribution in [0, 0.1) is 23.6 Å². The summed E-state index contributed by atoms with van der Waals surface area (Å²) in [4.78, 5) is 12.0. The van der Waals surface area contributed by atoms with Crippen LogP contribution in [0.4, 0.5) is 10.1 Å². The Labute approximate surface area is 120 Å². The molecule has 0 unspecified atom stereocenters. The number of hydrogen-bond donors (Lipinski definition) is 1. The molecule has 1 amide bonds. The molecule has 2 fully saturated rings. The van der Waals surface area contributed by atoms with Crippen LogP contribution in [0.1, 0.15) is 32.1 Å². The van der Waals surface area contributed by atoms with Gasteiger partial charge in [-0.05, 0) is 55.2 Å². The van der Waals surface area contributed by atoms with Crippen LogP contribution in [-0.4, -0.2) is 5.91 Å². The smallest absolute Gasteiger partial charge is 0.224 e. The van der Waals surface area contributed by atoms with Crippen LogP contribution >= 0.6 is 15.9 Å². The summed E-state index contributed by atoms with van der Waals surface area (Å²) >= 11 is 3.20. The van der Waals surface area contributed by atoms with Gasteiger partial charge >= 0.3 is 0 Å². The van der Waals surface area contributed by atoms with E-state index in [1.54, 1.807) is 12.1 Å². The van der Waals surface area contributed by atoms with Crippen LogP contribution in [0.2, 0.25) is 0 Å². The lowest BCUT2D eigenvalue weighted by molar-refractivity contribution is -0.117. The first-order valence-electron chi connectivity index (χ1n) is 6.86. The number of rotatable bonds is 3. The molecular formula is C15H17BrFNO. The number of carbonyl (C=O) groups is 1. The molecule has 1 N–H and O–H groups in total. The van der Waals surface area contributed by atoms with Crippen LogP contribution < -0.4 is 5.32 Å². The number of nitrogens with one attached hydrogen (secondary N) is 1. The van der Waals surface area contributed by atoms with E-state index in [0.29, 0.717) is 16.8 Å². The number of amides is 1. The van der Waals surface area contributed by atoms with Crippen LogP contribution in [0.3, 0.4) is 0 Å². The lowest BCUT2D eigenvalue weighted by Gasteiger charge is -2.20. The molecular weight excluding hydrogens is 309 g/mol. The predicted octanol–water partition coefficient (Wildman–Crippen LogP) is 4.35. The molecule has 0 aliphatic heterocycles. The molecule has 0 heterocycles. The second kappa shape index (κ2) is 5.23. The van der Waals surface area contributed by atoms with Crippen LogP contribution in [0.25, 0.3) is 0 Å². The Hall–Kier alpha value is -0.900. The minimum absolute atomic E-state index is 0.0567. The maximum absolute atomic E-state index is 13.6. The number of benzene rings is 1. The predicted molar refractivity (Wildman–Crippen MR) is 76.3 cm³/mol. The maximum Gasteiger partial charge on any atom is 0.224 e. The normalized spacial score (nSPS) is 28.6. The molecule has 2 aliphatic carbocycles. The summed E-state index contributed by atoms with van der Waals surface area (Å²) in [6.45, 7) is 0. The van der Waals surface area contributed by atoms with E-state index < -0.39 is 5.82 Å². The molecule has 2 saturated carbocycles. The summed E-state index contributed by atoms with van der Waals surface area (Å²) in [5.41, 5.74) is 0.274. The number of carbonyl (C=O) groups excluding carboxylic acids is 1. The molecule has 1 aromatic carbocycles. The van der Waals surface area contributed by atoms with Crippen molar-refractivity contribution in [2.75, 3.05) is 5.32 Å². The van der Waals surface area contributed by atoms with E-state index in [4.69, 9.17) is 0 Å². The average molecular weight is 326 g/mol. The Bertz CT molecular complexity index is 505. The molecule has 2 aliphatic rings. The van der Waals surface area contributed by atoms with Crippen molar-refractivity contribution in [2.45, 2.75) is 32.1 Å². The molecule has 0 spiro atoms. The third-order valence-electron chi connectivity index (χ3n) is 4.54. The molecule has 0 aromatic heterocycles. The first-order chi connectivity index (χ1) is 9.11. The molecule has 1 aromatic rings. The maximum atomic E-state index is 13.6. The summed E-state index contributed by atoms with van der Waals surface area (Å²) in [7, 11) is 0. The minimum Gasteiger partial charge on any atom is -0.324 e. The SMILES string of the molecule is O=C(C[C@@H]1C[C@@H]2CC[C@@H]1C2)Nc1ccc(Br)cc1F. The Morgan fingerprint density at radius 1 is 1.37 bits per heavy atom. The van der Waals surface area contributed by atoms with Gasteiger partial charge in [0.25, 0.3) is 0 Å². The number of anilines is 1. The summed E-state index contributed by atoms with van der Waals surface area (Å²) in [6.07, 6.45) is 5.63. The Morgan fingerprint density at radius 3 is 2.84 bits per heavy atom. The van der Waals surface area contributed by atoms with Crippen molar-refractivity contribution >= 4 is 27.5 Å². The second-order valence-electron chi connectivity index (χ2n) is 5.81. The molecule has 3 atom stereocenters. The first-order valence-corrected chi connectivity index (χ1v) is 7.66. The molecule has 2 nitrogen and oxygen atoms in total. The third-order valence-corrected chi connectivity index (χ3v) is 5.03. The van der Waals surface area contributed by atoms with Gasteiger partial charge in [0.2, 0.25) is 5.91 Å². The topological polar surface area (TPSA) is 29.1 Å².